The third-order valence-electron chi connectivity index (χ3n) is 1.83. The highest BCUT2D eigenvalue weighted by atomic mass is 16.6. The van der Waals surface area contributed by atoms with Crippen LogP contribution in [0.2, 0.25) is 0 Å². The second-order valence-electron chi connectivity index (χ2n) is 2.83. The van der Waals surface area contributed by atoms with Crippen LogP contribution >= 0.6 is 0 Å². The molecule has 14 heavy (non-hydrogen) atoms. The van der Waals surface area contributed by atoms with E-state index in [1.165, 1.54) is 0 Å². The molecule has 1 aliphatic heterocycles. The average molecular weight is 190 g/mol. The number of rotatable bonds is 3. The maximum absolute atomic E-state index is 5.46. The second kappa shape index (κ2) is 4.09. The van der Waals surface area contributed by atoms with E-state index in [2.05, 4.69) is 0 Å². The number of hydrogen-bond donors (Lipinski definition) is 0. The average Bonchev–Trinajstić information content (AvgIpc) is 2.60. The van der Waals surface area contributed by atoms with Crippen molar-refractivity contribution in [3.63, 3.8) is 0 Å². The minimum atomic E-state index is -0.362. The van der Waals surface area contributed by atoms with Crippen molar-refractivity contribution in [1.82, 2.24) is 0 Å². The van der Waals surface area contributed by atoms with Crippen LogP contribution in [0.15, 0.2) is 36.5 Å². The van der Waals surface area contributed by atoms with E-state index < -0.39 is 0 Å². The molecule has 0 spiro atoms. The summed E-state index contributed by atoms with van der Waals surface area (Å²) in [7, 11) is -0.362. The molecular weight excluding hydrogens is 179 g/mol. The minimum absolute atomic E-state index is 0.362. The van der Waals surface area contributed by atoms with E-state index in [0.717, 1.165) is 11.5 Å². The zero-order valence-electron chi connectivity index (χ0n) is 7.97. The standard InChI is InChI=1S/C10H11BO3/c1-2-12-8-7-11-13-9-5-3-4-6-10(9)14-11/h3-8H,2H2,1H3/b8-7+. The zero-order valence-corrected chi connectivity index (χ0v) is 7.97. The van der Waals surface area contributed by atoms with Gasteiger partial charge in [0.15, 0.2) is 0 Å². The minimum Gasteiger partial charge on any atom is -0.520 e. The number of ether oxygens (including phenoxy) is 1. The van der Waals surface area contributed by atoms with E-state index in [4.69, 9.17) is 14.0 Å². The van der Waals surface area contributed by atoms with E-state index in [1.807, 2.05) is 31.2 Å². The lowest BCUT2D eigenvalue weighted by molar-refractivity contribution is 0.269. The lowest BCUT2D eigenvalue weighted by atomic mass is 9.92. The van der Waals surface area contributed by atoms with Crippen LogP contribution < -0.4 is 9.31 Å². The van der Waals surface area contributed by atoms with Crippen molar-refractivity contribution in [2.24, 2.45) is 0 Å². The molecule has 0 saturated carbocycles. The van der Waals surface area contributed by atoms with Gasteiger partial charge in [-0.15, -0.1) is 0 Å². The molecule has 0 amide bonds. The van der Waals surface area contributed by atoms with Gasteiger partial charge >= 0.3 is 7.12 Å². The Morgan fingerprint density at radius 2 is 1.93 bits per heavy atom. The summed E-state index contributed by atoms with van der Waals surface area (Å²) in [6.45, 7) is 2.58. The molecule has 1 heterocycles. The normalized spacial score (nSPS) is 13.6. The molecule has 0 radical (unpaired) electrons. The van der Waals surface area contributed by atoms with Gasteiger partial charge in [-0.05, 0) is 19.1 Å². The van der Waals surface area contributed by atoms with Crippen molar-refractivity contribution < 1.29 is 14.0 Å². The molecule has 72 valence electrons. The first-order valence-corrected chi connectivity index (χ1v) is 4.61. The Labute approximate surface area is 83.4 Å². The molecular formula is C10H11BO3. The summed E-state index contributed by atoms with van der Waals surface area (Å²) in [6, 6.07) is 7.58. The molecule has 0 aliphatic carbocycles. The zero-order chi connectivity index (χ0) is 9.80. The molecule has 3 nitrogen and oxygen atoms in total. The summed E-state index contributed by atoms with van der Waals surface area (Å²) in [5.74, 6) is 3.29. The summed E-state index contributed by atoms with van der Waals surface area (Å²) in [6.07, 6.45) is 1.59. The van der Waals surface area contributed by atoms with Gasteiger partial charge in [0.05, 0.1) is 12.9 Å². The first kappa shape index (κ1) is 9.00. The van der Waals surface area contributed by atoms with E-state index in [9.17, 15) is 0 Å². The van der Waals surface area contributed by atoms with Crippen LogP contribution in [-0.2, 0) is 4.74 Å². The van der Waals surface area contributed by atoms with Crippen LogP contribution in [0.25, 0.3) is 0 Å². The topological polar surface area (TPSA) is 27.7 Å². The summed E-state index contributed by atoms with van der Waals surface area (Å²) in [4.78, 5) is 0. The highest BCUT2D eigenvalue weighted by Crippen LogP contribution is 2.32. The van der Waals surface area contributed by atoms with Crippen LogP contribution in [0.3, 0.4) is 0 Å². The van der Waals surface area contributed by atoms with Crippen molar-refractivity contribution in [2.45, 2.75) is 6.92 Å². The van der Waals surface area contributed by atoms with Crippen LogP contribution in [0.5, 0.6) is 11.5 Å². The molecule has 0 atom stereocenters. The van der Waals surface area contributed by atoms with E-state index >= 15 is 0 Å². The van der Waals surface area contributed by atoms with Gasteiger partial charge in [-0.2, -0.15) is 0 Å². The fraction of sp³-hybridized carbons (Fsp3) is 0.200. The Hall–Kier alpha value is -1.58. The van der Waals surface area contributed by atoms with Crippen LogP contribution in [0, 0.1) is 0 Å². The fourth-order valence-electron chi connectivity index (χ4n) is 1.21. The monoisotopic (exact) mass is 190 g/mol. The lowest BCUT2D eigenvalue weighted by Gasteiger charge is -1.97. The van der Waals surface area contributed by atoms with Gasteiger partial charge in [-0.3, -0.25) is 0 Å². The molecule has 1 aliphatic rings. The van der Waals surface area contributed by atoms with Crippen molar-refractivity contribution >= 4 is 7.12 Å². The Balaban J connectivity index is 1.98. The predicted octanol–water partition coefficient (Wildman–Crippen LogP) is 2.04. The second-order valence-corrected chi connectivity index (χ2v) is 2.83. The van der Waals surface area contributed by atoms with Gasteiger partial charge in [0.25, 0.3) is 0 Å². The Morgan fingerprint density at radius 3 is 2.50 bits per heavy atom. The van der Waals surface area contributed by atoms with Gasteiger partial charge in [-0.1, -0.05) is 12.1 Å². The molecule has 0 fully saturated rings. The largest absolute Gasteiger partial charge is 0.628 e. The molecule has 0 bridgehead atoms. The summed E-state index contributed by atoms with van der Waals surface area (Å²) < 4.78 is 16.0. The Bertz CT molecular complexity index is 313. The SMILES string of the molecule is CCO/C=C/B1Oc2ccccc2O1. The smallest absolute Gasteiger partial charge is 0.520 e. The van der Waals surface area contributed by atoms with E-state index in [0.29, 0.717) is 6.61 Å². The summed E-state index contributed by atoms with van der Waals surface area (Å²) in [5, 5.41) is 0. The maximum atomic E-state index is 5.46. The third-order valence-corrected chi connectivity index (χ3v) is 1.83. The molecule has 0 saturated heterocycles. The van der Waals surface area contributed by atoms with Crippen LogP contribution in [-0.4, -0.2) is 13.7 Å². The number of benzene rings is 1. The maximum Gasteiger partial charge on any atom is 0.628 e. The van der Waals surface area contributed by atoms with Crippen molar-refractivity contribution in [3.8, 4) is 11.5 Å². The summed E-state index contributed by atoms with van der Waals surface area (Å²) >= 11 is 0. The van der Waals surface area contributed by atoms with E-state index in [-0.39, 0.29) is 7.12 Å². The fourth-order valence-corrected chi connectivity index (χ4v) is 1.21. The Morgan fingerprint density at radius 1 is 1.29 bits per heavy atom. The molecule has 0 aromatic heterocycles. The highest BCUT2D eigenvalue weighted by molar-refractivity contribution is 6.53. The van der Waals surface area contributed by atoms with Gasteiger partial charge in [0, 0.05) is 5.98 Å². The molecule has 1 aromatic carbocycles. The number of para-hydroxylation sites is 2. The van der Waals surface area contributed by atoms with Crippen LogP contribution in [0.1, 0.15) is 6.92 Å². The van der Waals surface area contributed by atoms with Gasteiger partial charge in [0.1, 0.15) is 11.5 Å². The quantitative estimate of drug-likeness (QED) is 0.539. The van der Waals surface area contributed by atoms with E-state index in [1.54, 1.807) is 12.2 Å². The summed E-state index contributed by atoms with van der Waals surface area (Å²) in [5.41, 5.74) is 0. The van der Waals surface area contributed by atoms with Gasteiger partial charge in [0.2, 0.25) is 0 Å². The predicted molar refractivity (Wildman–Crippen MR) is 54.2 cm³/mol. The highest BCUT2D eigenvalue weighted by Gasteiger charge is 2.28. The van der Waals surface area contributed by atoms with Crippen LogP contribution in [0.4, 0.5) is 0 Å². The van der Waals surface area contributed by atoms with Gasteiger partial charge in [-0.25, -0.2) is 0 Å². The van der Waals surface area contributed by atoms with Crippen molar-refractivity contribution in [2.75, 3.05) is 6.61 Å². The molecule has 0 N–H and O–H groups in total. The molecule has 1 aromatic rings. The Kier molecular flexibility index (Phi) is 2.63. The third kappa shape index (κ3) is 1.84. The first-order chi connectivity index (χ1) is 6.90. The first-order valence-electron chi connectivity index (χ1n) is 4.61. The molecule has 2 rings (SSSR count). The number of hydrogen-bond acceptors (Lipinski definition) is 3. The number of fused-ring (bicyclic) bond motifs is 1. The molecule has 4 heteroatoms. The lowest BCUT2D eigenvalue weighted by Crippen LogP contribution is -2.21. The van der Waals surface area contributed by atoms with Crippen molar-refractivity contribution in [1.29, 1.82) is 0 Å². The molecule has 0 unspecified atom stereocenters. The van der Waals surface area contributed by atoms with Gasteiger partial charge < -0.3 is 14.0 Å². The van der Waals surface area contributed by atoms with Crippen molar-refractivity contribution in [3.05, 3.63) is 36.5 Å².